The molecule has 0 aromatic carbocycles. The lowest BCUT2D eigenvalue weighted by Gasteiger charge is -2.53. The van der Waals surface area contributed by atoms with E-state index in [2.05, 4.69) is 0 Å². The van der Waals surface area contributed by atoms with Crippen LogP contribution in [0.1, 0.15) is 34.1 Å². The highest BCUT2D eigenvalue weighted by atomic mass is 16.5. The number of hydrogen-bond acceptors (Lipinski definition) is 4. The summed E-state index contributed by atoms with van der Waals surface area (Å²) in [5.74, 6) is -1.71. The summed E-state index contributed by atoms with van der Waals surface area (Å²) >= 11 is 0. The molecule has 4 N–H and O–H groups in total. The second kappa shape index (κ2) is 3.43. The predicted molar refractivity (Wildman–Crippen MR) is 55.5 cm³/mol. The fourth-order valence-electron chi connectivity index (χ4n) is 2.70. The number of nitrogens with two attached hydrogens (primary N) is 1. The lowest BCUT2D eigenvalue weighted by molar-refractivity contribution is -0.262. The molecule has 1 rings (SSSR count). The van der Waals surface area contributed by atoms with Gasteiger partial charge in [-0.1, -0.05) is 0 Å². The predicted octanol–water partition coefficient (Wildman–Crippen LogP) is 0.667. The van der Waals surface area contributed by atoms with Crippen LogP contribution in [0.15, 0.2) is 0 Å². The normalized spacial score (nSPS) is 35.1. The maximum Gasteiger partial charge on any atom is 0.310 e. The quantitative estimate of drug-likeness (QED) is 0.599. The van der Waals surface area contributed by atoms with Gasteiger partial charge in [-0.2, -0.15) is 5.06 Å². The Morgan fingerprint density at radius 2 is 1.87 bits per heavy atom. The SMILES string of the molecule is CC1(C)C[C@H](N)[C@@H](C(=O)O)C(C)(C)N1O. The van der Waals surface area contributed by atoms with Gasteiger partial charge in [0.2, 0.25) is 0 Å². The van der Waals surface area contributed by atoms with Crippen LogP contribution in [0, 0.1) is 5.92 Å². The van der Waals surface area contributed by atoms with E-state index < -0.39 is 29.0 Å². The zero-order chi connectivity index (χ0) is 12.0. The van der Waals surface area contributed by atoms with E-state index in [0.29, 0.717) is 6.42 Å². The molecule has 0 unspecified atom stereocenters. The topological polar surface area (TPSA) is 86.8 Å². The summed E-state index contributed by atoms with van der Waals surface area (Å²) in [6, 6.07) is -0.434. The molecule has 1 heterocycles. The highest BCUT2D eigenvalue weighted by Crippen LogP contribution is 2.40. The van der Waals surface area contributed by atoms with E-state index in [-0.39, 0.29) is 0 Å². The monoisotopic (exact) mass is 216 g/mol. The van der Waals surface area contributed by atoms with E-state index >= 15 is 0 Å². The van der Waals surface area contributed by atoms with Crippen molar-refractivity contribution in [2.45, 2.75) is 51.2 Å². The smallest absolute Gasteiger partial charge is 0.310 e. The van der Waals surface area contributed by atoms with Crippen molar-refractivity contribution in [1.82, 2.24) is 5.06 Å². The first-order valence-corrected chi connectivity index (χ1v) is 5.08. The standard InChI is InChI=1S/C10H20N2O3/c1-9(2)5-6(11)7(8(13)14)10(3,4)12(9)15/h6-7,15H,5,11H2,1-4H3,(H,13,14)/t6-,7-/m0/s1. The van der Waals surface area contributed by atoms with Crippen LogP contribution in [0.2, 0.25) is 0 Å². The van der Waals surface area contributed by atoms with E-state index in [4.69, 9.17) is 10.8 Å². The summed E-state index contributed by atoms with van der Waals surface area (Å²) in [7, 11) is 0. The summed E-state index contributed by atoms with van der Waals surface area (Å²) in [5.41, 5.74) is 4.53. The van der Waals surface area contributed by atoms with Crippen LogP contribution in [0.3, 0.4) is 0 Å². The van der Waals surface area contributed by atoms with Crippen molar-refractivity contribution in [1.29, 1.82) is 0 Å². The average Bonchev–Trinajstić information content (AvgIpc) is 1.98. The van der Waals surface area contributed by atoms with Gasteiger partial charge in [-0.25, -0.2) is 0 Å². The highest BCUT2D eigenvalue weighted by Gasteiger charge is 2.53. The Morgan fingerprint density at radius 3 is 2.27 bits per heavy atom. The minimum absolute atomic E-state index is 0.434. The zero-order valence-electron chi connectivity index (χ0n) is 9.69. The number of carboxylic acids is 1. The van der Waals surface area contributed by atoms with Crippen molar-refractivity contribution in [2.24, 2.45) is 11.7 Å². The number of aliphatic carboxylic acids is 1. The van der Waals surface area contributed by atoms with Gasteiger partial charge < -0.3 is 16.0 Å². The number of rotatable bonds is 1. The van der Waals surface area contributed by atoms with Crippen LogP contribution < -0.4 is 5.73 Å². The molecule has 1 fully saturated rings. The van der Waals surface area contributed by atoms with Crippen LogP contribution >= 0.6 is 0 Å². The van der Waals surface area contributed by atoms with Gasteiger partial charge in [-0.3, -0.25) is 4.79 Å². The van der Waals surface area contributed by atoms with Crippen LogP contribution in [0.5, 0.6) is 0 Å². The van der Waals surface area contributed by atoms with Crippen molar-refractivity contribution in [3.05, 3.63) is 0 Å². The Bertz CT molecular complexity index is 276. The van der Waals surface area contributed by atoms with E-state index in [1.165, 1.54) is 0 Å². The molecule has 0 bridgehead atoms. The second-order valence-corrected chi connectivity index (χ2v) is 5.46. The van der Waals surface area contributed by atoms with Gasteiger partial charge >= 0.3 is 5.97 Å². The molecule has 5 heteroatoms. The third-order valence-electron chi connectivity index (χ3n) is 3.31. The molecule has 88 valence electrons. The highest BCUT2D eigenvalue weighted by molar-refractivity contribution is 5.73. The number of hydroxylamine groups is 2. The van der Waals surface area contributed by atoms with Crippen molar-refractivity contribution in [2.75, 3.05) is 0 Å². The number of nitrogens with zero attached hydrogens (tertiary/aromatic N) is 1. The van der Waals surface area contributed by atoms with Gasteiger partial charge in [-0.05, 0) is 34.1 Å². The number of hydrogen-bond donors (Lipinski definition) is 3. The molecule has 0 aliphatic carbocycles. The third kappa shape index (κ3) is 1.87. The largest absolute Gasteiger partial charge is 0.481 e. The summed E-state index contributed by atoms with van der Waals surface area (Å²) in [5, 5.41) is 20.3. The number of carboxylic acid groups (broad SMARTS) is 1. The lowest BCUT2D eigenvalue weighted by atomic mass is 9.71. The Morgan fingerprint density at radius 1 is 1.40 bits per heavy atom. The van der Waals surface area contributed by atoms with Crippen molar-refractivity contribution in [3.8, 4) is 0 Å². The van der Waals surface area contributed by atoms with Crippen LogP contribution in [-0.2, 0) is 4.79 Å². The van der Waals surface area contributed by atoms with Gasteiger partial charge in [0.1, 0.15) is 0 Å². The van der Waals surface area contributed by atoms with Gasteiger partial charge in [-0.15, -0.1) is 0 Å². The fraction of sp³-hybridized carbons (Fsp3) is 0.900. The van der Waals surface area contributed by atoms with Crippen LogP contribution in [0.4, 0.5) is 0 Å². The number of carbonyl (C=O) groups is 1. The molecular weight excluding hydrogens is 196 g/mol. The fourth-order valence-corrected chi connectivity index (χ4v) is 2.70. The zero-order valence-corrected chi connectivity index (χ0v) is 9.69. The third-order valence-corrected chi connectivity index (χ3v) is 3.31. The average molecular weight is 216 g/mol. The van der Waals surface area contributed by atoms with E-state index in [1.54, 1.807) is 13.8 Å². The van der Waals surface area contributed by atoms with Crippen LogP contribution in [0.25, 0.3) is 0 Å². The van der Waals surface area contributed by atoms with Crippen molar-refractivity contribution in [3.63, 3.8) is 0 Å². The van der Waals surface area contributed by atoms with Gasteiger partial charge in [0.15, 0.2) is 0 Å². The van der Waals surface area contributed by atoms with Crippen molar-refractivity contribution >= 4 is 5.97 Å². The first kappa shape index (κ1) is 12.4. The van der Waals surface area contributed by atoms with E-state index in [9.17, 15) is 10.0 Å². The van der Waals surface area contributed by atoms with Crippen molar-refractivity contribution < 1.29 is 15.1 Å². The maximum atomic E-state index is 11.1. The molecule has 5 nitrogen and oxygen atoms in total. The molecule has 0 spiro atoms. The summed E-state index contributed by atoms with van der Waals surface area (Å²) in [6.07, 6.45) is 0.462. The number of piperidine rings is 1. The lowest BCUT2D eigenvalue weighted by Crippen LogP contribution is -2.68. The first-order valence-electron chi connectivity index (χ1n) is 5.08. The summed E-state index contributed by atoms with van der Waals surface area (Å²) in [4.78, 5) is 11.1. The summed E-state index contributed by atoms with van der Waals surface area (Å²) in [6.45, 7) is 7.11. The molecule has 0 saturated carbocycles. The van der Waals surface area contributed by atoms with Crippen LogP contribution in [-0.4, -0.2) is 38.5 Å². The second-order valence-electron chi connectivity index (χ2n) is 5.46. The van der Waals surface area contributed by atoms with Gasteiger partial charge in [0, 0.05) is 11.6 Å². The first-order chi connectivity index (χ1) is 6.60. The Labute approximate surface area is 89.8 Å². The van der Waals surface area contributed by atoms with E-state index in [1.807, 2.05) is 13.8 Å². The molecule has 0 aromatic rings. The maximum absolute atomic E-state index is 11.1. The molecule has 1 saturated heterocycles. The molecular formula is C10H20N2O3. The Hall–Kier alpha value is -0.650. The molecule has 1 aliphatic rings. The van der Waals surface area contributed by atoms with Gasteiger partial charge in [0.25, 0.3) is 0 Å². The molecule has 0 aromatic heterocycles. The Balaban J connectivity index is 3.10. The minimum atomic E-state index is -0.956. The minimum Gasteiger partial charge on any atom is -0.481 e. The molecule has 1 aliphatic heterocycles. The molecule has 2 atom stereocenters. The molecule has 0 radical (unpaired) electrons. The summed E-state index contributed by atoms with van der Waals surface area (Å²) < 4.78 is 0. The molecule has 0 amide bonds. The van der Waals surface area contributed by atoms with E-state index in [0.717, 1.165) is 5.06 Å². The molecule has 15 heavy (non-hydrogen) atoms. The Kier molecular flexibility index (Phi) is 2.84. The van der Waals surface area contributed by atoms with Gasteiger partial charge in [0.05, 0.1) is 11.5 Å².